The van der Waals surface area contributed by atoms with Crippen molar-refractivity contribution in [1.29, 1.82) is 0 Å². The van der Waals surface area contributed by atoms with Crippen LogP contribution in [0.25, 0.3) is 0 Å². The molecule has 3 rings (SSSR count). The van der Waals surface area contributed by atoms with E-state index >= 15 is 0 Å². The lowest BCUT2D eigenvalue weighted by atomic mass is 10.1. The second kappa shape index (κ2) is 10.4. The number of quaternary nitrogens is 1. The molecule has 2 amide bonds. The van der Waals surface area contributed by atoms with Crippen LogP contribution in [0.15, 0.2) is 78.9 Å². The fraction of sp³-hybridized carbons (Fsp3) is 0.200. The summed E-state index contributed by atoms with van der Waals surface area (Å²) in [7, 11) is 1.99. The predicted molar refractivity (Wildman–Crippen MR) is 119 cm³/mol. The van der Waals surface area contributed by atoms with Crippen LogP contribution < -0.4 is 15.5 Å². The van der Waals surface area contributed by atoms with Crippen LogP contribution in [-0.4, -0.2) is 25.4 Å². The number of anilines is 1. The van der Waals surface area contributed by atoms with Gasteiger partial charge in [-0.15, -0.1) is 0 Å². The molecule has 1 unspecified atom stereocenters. The van der Waals surface area contributed by atoms with Crippen molar-refractivity contribution in [1.82, 2.24) is 5.32 Å². The summed E-state index contributed by atoms with van der Waals surface area (Å²) in [5.41, 5.74) is 4.45. The molecule has 0 heterocycles. The molecule has 3 aromatic rings. The summed E-state index contributed by atoms with van der Waals surface area (Å²) >= 11 is 0. The van der Waals surface area contributed by atoms with Crippen LogP contribution >= 0.6 is 0 Å². The van der Waals surface area contributed by atoms with Gasteiger partial charge in [-0.1, -0.05) is 66.7 Å². The lowest BCUT2D eigenvalue weighted by Crippen LogP contribution is -3.08. The van der Waals surface area contributed by atoms with Gasteiger partial charge in [0.1, 0.15) is 6.54 Å². The van der Waals surface area contributed by atoms with Gasteiger partial charge in [0.2, 0.25) is 0 Å². The highest BCUT2D eigenvalue weighted by Gasteiger charge is 2.16. The second-order valence-electron chi connectivity index (χ2n) is 7.50. The van der Waals surface area contributed by atoms with Gasteiger partial charge in [0.25, 0.3) is 11.8 Å². The minimum atomic E-state index is -0.213. The first kappa shape index (κ1) is 21.3. The highest BCUT2D eigenvalue weighted by atomic mass is 16.2. The molecule has 0 radical (unpaired) electrons. The Morgan fingerprint density at radius 2 is 1.53 bits per heavy atom. The maximum Gasteiger partial charge on any atom is 0.279 e. The van der Waals surface area contributed by atoms with Crippen molar-refractivity contribution in [3.05, 3.63) is 101 Å². The molecule has 0 saturated carbocycles. The average molecular weight is 403 g/mol. The molecule has 0 spiro atoms. The van der Waals surface area contributed by atoms with Gasteiger partial charge in [-0.3, -0.25) is 9.59 Å². The van der Waals surface area contributed by atoms with Crippen LogP contribution in [0.4, 0.5) is 5.69 Å². The molecule has 0 saturated heterocycles. The fourth-order valence-electron chi connectivity index (χ4n) is 3.33. The minimum absolute atomic E-state index is 0.121. The molecule has 0 aliphatic rings. The SMILES string of the molecule is Cc1ccccc1C[NH+](C)CC(=O)Nc1ccccc1C(=O)NCc1ccccc1. The largest absolute Gasteiger partial charge is 0.348 e. The Kier molecular flexibility index (Phi) is 7.35. The molecule has 0 aliphatic heterocycles. The molecule has 0 bridgehead atoms. The summed E-state index contributed by atoms with van der Waals surface area (Å²) in [5.74, 6) is -0.334. The third-order valence-corrected chi connectivity index (χ3v) is 4.96. The Labute approximate surface area is 177 Å². The Hall–Kier alpha value is -3.44. The van der Waals surface area contributed by atoms with E-state index in [0.717, 1.165) is 17.0 Å². The lowest BCUT2D eigenvalue weighted by molar-refractivity contribution is -0.885. The first-order chi connectivity index (χ1) is 14.5. The van der Waals surface area contributed by atoms with Gasteiger partial charge in [0, 0.05) is 12.1 Å². The van der Waals surface area contributed by atoms with Gasteiger partial charge in [-0.05, 0) is 30.2 Å². The Morgan fingerprint density at radius 1 is 0.867 bits per heavy atom. The molecule has 0 fully saturated rings. The van der Waals surface area contributed by atoms with Crippen molar-refractivity contribution in [3.63, 3.8) is 0 Å². The van der Waals surface area contributed by atoms with E-state index < -0.39 is 0 Å². The van der Waals surface area contributed by atoms with E-state index in [9.17, 15) is 9.59 Å². The van der Waals surface area contributed by atoms with Gasteiger partial charge >= 0.3 is 0 Å². The number of benzene rings is 3. The molecule has 5 nitrogen and oxygen atoms in total. The number of para-hydroxylation sites is 1. The van der Waals surface area contributed by atoms with Gasteiger partial charge in [-0.25, -0.2) is 0 Å². The van der Waals surface area contributed by atoms with Gasteiger partial charge in [0.15, 0.2) is 6.54 Å². The van der Waals surface area contributed by atoms with E-state index in [-0.39, 0.29) is 11.8 Å². The molecular weight excluding hydrogens is 374 g/mol. The molecule has 154 valence electrons. The van der Waals surface area contributed by atoms with Gasteiger partial charge < -0.3 is 15.5 Å². The van der Waals surface area contributed by atoms with Gasteiger partial charge in [-0.2, -0.15) is 0 Å². The number of carbonyl (C=O) groups is 2. The number of carbonyl (C=O) groups excluding carboxylic acids is 2. The van der Waals surface area contributed by atoms with Crippen molar-refractivity contribution in [3.8, 4) is 0 Å². The third-order valence-electron chi connectivity index (χ3n) is 4.96. The zero-order valence-electron chi connectivity index (χ0n) is 17.4. The zero-order chi connectivity index (χ0) is 21.3. The van der Waals surface area contributed by atoms with Crippen molar-refractivity contribution in [2.24, 2.45) is 0 Å². The van der Waals surface area contributed by atoms with Crippen LogP contribution in [-0.2, 0) is 17.9 Å². The summed E-state index contributed by atoms with van der Waals surface area (Å²) < 4.78 is 0. The lowest BCUT2D eigenvalue weighted by Gasteiger charge is -2.16. The highest BCUT2D eigenvalue weighted by molar-refractivity contribution is 6.03. The standard InChI is InChI=1S/C25H27N3O2/c1-19-10-6-7-13-21(19)17-28(2)18-24(29)27-23-15-9-8-14-22(23)25(30)26-16-20-11-4-3-5-12-20/h3-15H,16-18H2,1-2H3,(H,26,30)(H,27,29)/p+1. The van der Waals surface area contributed by atoms with Crippen LogP contribution in [0, 0.1) is 6.92 Å². The number of nitrogens with one attached hydrogen (secondary N) is 3. The first-order valence-corrected chi connectivity index (χ1v) is 10.1. The topological polar surface area (TPSA) is 62.6 Å². The molecule has 5 heteroatoms. The summed E-state index contributed by atoms with van der Waals surface area (Å²) in [6, 6.07) is 25.0. The maximum atomic E-state index is 12.7. The molecular formula is C25H28N3O2+. The van der Waals surface area contributed by atoms with Crippen molar-refractivity contribution in [2.75, 3.05) is 18.9 Å². The van der Waals surface area contributed by atoms with Crippen LogP contribution in [0.3, 0.4) is 0 Å². The van der Waals surface area contributed by atoms with Crippen LogP contribution in [0.2, 0.25) is 0 Å². The van der Waals surface area contributed by atoms with Crippen molar-refractivity contribution in [2.45, 2.75) is 20.0 Å². The van der Waals surface area contributed by atoms with E-state index in [1.807, 2.05) is 55.6 Å². The van der Waals surface area contributed by atoms with Crippen LogP contribution in [0.5, 0.6) is 0 Å². The first-order valence-electron chi connectivity index (χ1n) is 10.1. The molecule has 0 aliphatic carbocycles. The minimum Gasteiger partial charge on any atom is -0.348 e. The number of hydrogen-bond acceptors (Lipinski definition) is 2. The fourth-order valence-corrected chi connectivity index (χ4v) is 3.33. The summed E-state index contributed by atoms with van der Waals surface area (Å²) in [6.45, 7) is 3.59. The maximum absolute atomic E-state index is 12.7. The Bertz CT molecular complexity index is 1000. The summed E-state index contributed by atoms with van der Waals surface area (Å²) in [5, 5.41) is 5.81. The number of hydrogen-bond donors (Lipinski definition) is 3. The second-order valence-corrected chi connectivity index (χ2v) is 7.50. The predicted octanol–water partition coefficient (Wildman–Crippen LogP) is 2.58. The normalized spacial score (nSPS) is 11.5. The van der Waals surface area contributed by atoms with Crippen molar-refractivity contribution < 1.29 is 14.5 Å². The molecule has 1 atom stereocenters. The zero-order valence-corrected chi connectivity index (χ0v) is 17.4. The number of likely N-dealkylation sites (N-methyl/N-ethyl adjacent to an activating group) is 1. The van der Waals surface area contributed by atoms with E-state index in [2.05, 4.69) is 29.7 Å². The smallest absolute Gasteiger partial charge is 0.279 e. The number of amides is 2. The third kappa shape index (κ3) is 6.03. The Balaban J connectivity index is 1.59. The number of aryl methyl sites for hydroxylation is 1. The summed E-state index contributed by atoms with van der Waals surface area (Å²) in [4.78, 5) is 26.3. The van der Waals surface area contributed by atoms with Crippen LogP contribution in [0.1, 0.15) is 27.0 Å². The highest BCUT2D eigenvalue weighted by Crippen LogP contribution is 2.15. The Morgan fingerprint density at radius 3 is 2.30 bits per heavy atom. The quantitative estimate of drug-likeness (QED) is 0.542. The van der Waals surface area contributed by atoms with E-state index in [0.29, 0.717) is 24.3 Å². The van der Waals surface area contributed by atoms with E-state index in [1.54, 1.807) is 18.2 Å². The number of rotatable bonds is 8. The van der Waals surface area contributed by atoms with E-state index in [1.165, 1.54) is 11.1 Å². The average Bonchev–Trinajstić information content (AvgIpc) is 2.74. The summed E-state index contributed by atoms with van der Waals surface area (Å²) in [6.07, 6.45) is 0. The molecule has 30 heavy (non-hydrogen) atoms. The molecule has 0 aromatic heterocycles. The van der Waals surface area contributed by atoms with Crippen molar-refractivity contribution >= 4 is 17.5 Å². The van der Waals surface area contributed by atoms with E-state index in [4.69, 9.17) is 0 Å². The molecule has 3 aromatic carbocycles. The monoisotopic (exact) mass is 402 g/mol. The van der Waals surface area contributed by atoms with Gasteiger partial charge in [0.05, 0.1) is 18.3 Å². The molecule has 3 N–H and O–H groups in total.